The van der Waals surface area contributed by atoms with Crippen molar-refractivity contribution in [2.75, 3.05) is 18.8 Å². The van der Waals surface area contributed by atoms with Crippen molar-refractivity contribution >= 4 is 28.6 Å². The number of aliphatic hydroxyl groups excluding tert-OH is 2. The number of halogens is 1. The topological polar surface area (TPSA) is 131 Å². The molecule has 0 spiro atoms. The molecule has 0 saturated carbocycles. The molecule has 0 aliphatic carbocycles. The van der Waals surface area contributed by atoms with Crippen LogP contribution in [0, 0.1) is 0 Å². The average Bonchev–Trinajstić information content (AvgIpc) is 3.00. The van der Waals surface area contributed by atoms with Gasteiger partial charge in [-0.1, -0.05) is 6.92 Å². The Morgan fingerprint density at radius 3 is 2.91 bits per heavy atom. The van der Waals surface area contributed by atoms with Gasteiger partial charge in [0.15, 0.2) is 17.7 Å². The van der Waals surface area contributed by atoms with Crippen molar-refractivity contribution < 1.29 is 14.9 Å². The maximum absolute atomic E-state index is 10.2. The summed E-state index contributed by atoms with van der Waals surface area (Å²) in [5.74, 6) is 0.144. The third-order valence-electron chi connectivity index (χ3n) is 3.63. The minimum absolute atomic E-state index is 0.0241. The molecule has 3 rings (SSSR count). The van der Waals surface area contributed by atoms with Gasteiger partial charge in [-0.15, -0.1) is 0 Å². The van der Waals surface area contributed by atoms with E-state index < -0.39 is 24.5 Å². The van der Waals surface area contributed by atoms with Gasteiger partial charge in [-0.25, -0.2) is 4.98 Å². The number of hydrogen-bond donors (Lipinski definition) is 4. The van der Waals surface area contributed by atoms with Gasteiger partial charge in [0.25, 0.3) is 0 Å². The van der Waals surface area contributed by atoms with Crippen molar-refractivity contribution in [3.63, 3.8) is 0 Å². The molecule has 0 bridgehead atoms. The number of nitrogens with two attached hydrogens (primary N) is 1. The Morgan fingerprint density at radius 1 is 1.41 bits per heavy atom. The van der Waals surface area contributed by atoms with Crippen LogP contribution in [0.25, 0.3) is 11.2 Å². The molecule has 22 heavy (non-hydrogen) atoms. The van der Waals surface area contributed by atoms with Crippen molar-refractivity contribution in [3.05, 3.63) is 11.6 Å². The first-order chi connectivity index (χ1) is 10.5. The number of nitrogens with one attached hydrogen (secondary N) is 1. The molecule has 1 saturated heterocycles. The summed E-state index contributed by atoms with van der Waals surface area (Å²) < 4.78 is 7.24. The van der Waals surface area contributed by atoms with Crippen LogP contribution in [0.5, 0.6) is 0 Å². The Bertz CT molecular complexity index is 680. The molecule has 2 aromatic rings. The van der Waals surface area contributed by atoms with Gasteiger partial charge in [0, 0.05) is 6.54 Å². The van der Waals surface area contributed by atoms with Gasteiger partial charge in [0.1, 0.15) is 23.8 Å². The van der Waals surface area contributed by atoms with E-state index >= 15 is 0 Å². The van der Waals surface area contributed by atoms with Crippen LogP contribution in [0.4, 0.5) is 5.82 Å². The van der Waals surface area contributed by atoms with Crippen LogP contribution in [0.3, 0.4) is 0 Å². The number of anilines is 1. The van der Waals surface area contributed by atoms with Crippen LogP contribution < -0.4 is 11.1 Å². The lowest BCUT2D eigenvalue weighted by molar-refractivity contribution is -0.0340. The van der Waals surface area contributed by atoms with E-state index in [-0.39, 0.29) is 11.1 Å². The first kappa shape index (κ1) is 15.4. The summed E-state index contributed by atoms with van der Waals surface area (Å²) >= 11 is 5.82. The highest BCUT2D eigenvalue weighted by molar-refractivity contribution is 6.28. The van der Waals surface area contributed by atoms with E-state index in [1.54, 1.807) is 0 Å². The van der Waals surface area contributed by atoms with E-state index in [0.717, 1.165) is 6.54 Å². The summed E-state index contributed by atoms with van der Waals surface area (Å²) in [5.41, 5.74) is 6.46. The molecule has 3 heterocycles. The molecule has 10 heteroatoms. The fourth-order valence-corrected chi connectivity index (χ4v) is 2.68. The maximum Gasteiger partial charge on any atom is 0.226 e. The van der Waals surface area contributed by atoms with Crippen LogP contribution in [0.15, 0.2) is 6.33 Å². The van der Waals surface area contributed by atoms with E-state index in [1.165, 1.54) is 10.9 Å². The lowest BCUT2D eigenvalue weighted by Gasteiger charge is -2.16. The van der Waals surface area contributed by atoms with Crippen molar-refractivity contribution in [3.8, 4) is 0 Å². The first-order valence-electron chi connectivity index (χ1n) is 6.90. The average molecular weight is 329 g/mol. The van der Waals surface area contributed by atoms with E-state index in [1.807, 2.05) is 6.92 Å². The fourth-order valence-electron chi connectivity index (χ4n) is 2.51. The second-order valence-corrected chi connectivity index (χ2v) is 5.39. The third kappa shape index (κ3) is 2.50. The van der Waals surface area contributed by atoms with Gasteiger partial charge < -0.3 is 26.0 Å². The molecule has 0 amide bonds. The smallest absolute Gasteiger partial charge is 0.226 e. The minimum Gasteiger partial charge on any atom is -0.387 e. The number of aliphatic hydroxyl groups is 2. The number of likely N-dealkylation sites (N-methyl/N-ethyl adjacent to an activating group) is 1. The summed E-state index contributed by atoms with van der Waals surface area (Å²) in [4.78, 5) is 12.0. The van der Waals surface area contributed by atoms with Crippen LogP contribution in [0.2, 0.25) is 5.28 Å². The second-order valence-electron chi connectivity index (χ2n) is 5.06. The SMILES string of the molecule is CCNC[C@H]1O[C@@H](n2cnc3c(N)nc(Cl)nc32)[C@H](O)[C@@H]1O. The lowest BCUT2D eigenvalue weighted by Crippen LogP contribution is -2.37. The number of nitrogens with zero attached hydrogens (tertiary/aromatic N) is 4. The molecule has 0 radical (unpaired) electrons. The molecule has 1 aliphatic rings. The van der Waals surface area contributed by atoms with Crippen molar-refractivity contribution in [2.45, 2.75) is 31.5 Å². The van der Waals surface area contributed by atoms with Gasteiger partial charge in [-0.3, -0.25) is 4.57 Å². The number of imidazole rings is 1. The van der Waals surface area contributed by atoms with Crippen molar-refractivity contribution in [1.82, 2.24) is 24.8 Å². The van der Waals surface area contributed by atoms with Gasteiger partial charge in [0.05, 0.1) is 6.33 Å². The second kappa shape index (κ2) is 5.94. The van der Waals surface area contributed by atoms with Gasteiger partial charge in [-0.2, -0.15) is 9.97 Å². The summed E-state index contributed by atoms with van der Waals surface area (Å²) in [7, 11) is 0. The summed E-state index contributed by atoms with van der Waals surface area (Å²) in [6, 6.07) is 0. The molecular weight excluding hydrogens is 312 g/mol. The lowest BCUT2D eigenvalue weighted by atomic mass is 10.1. The van der Waals surface area contributed by atoms with Crippen LogP contribution in [0.1, 0.15) is 13.2 Å². The standard InChI is InChI=1S/C12H17ClN6O3/c1-2-15-3-5-7(20)8(21)11(22-5)19-4-16-6-9(14)17-12(13)18-10(6)19/h4-5,7-8,11,15,20-21H,2-3H2,1H3,(H2,14,17,18)/t5-,7-,8-,11-/m1/s1. The molecule has 2 aromatic heterocycles. The molecule has 9 nitrogen and oxygen atoms in total. The zero-order chi connectivity index (χ0) is 15.9. The minimum atomic E-state index is -1.11. The highest BCUT2D eigenvalue weighted by atomic mass is 35.5. The van der Waals surface area contributed by atoms with Crippen molar-refractivity contribution in [1.29, 1.82) is 0 Å². The van der Waals surface area contributed by atoms with Crippen LogP contribution in [-0.4, -0.2) is 61.1 Å². The third-order valence-corrected chi connectivity index (χ3v) is 3.80. The monoisotopic (exact) mass is 328 g/mol. The molecular formula is C12H17ClN6O3. The molecule has 0 aromatic carbocycles. The molecule has 4 atom stereocenters. The van der Waals surface area contributed by atoms with Gasteiger partial charge in [0.2, 0.25) is 5.28 Å². The normalized spacial score (nSPS) is 28.5. The molecule has 0 unspecified atom stereocenters. The Hall–Kier alpha value is -1.52. The Balaban J connectivity index is 1.94. The first-order valence-corrected chi connectivity index (χ1v) is 7.28. The largest absolute Gasteiger partial charge is 0.387 e. The number of ether oxygens (including phenoxy) is 1. The number of rotatable bonds is 4. The Kier molecular flexibility index (Phi) is 4.15. The number of hydrogen-bond acceptors (Lipinski definition) is 8. The Labute approximate surface area is 131 Å². The highest BCUT2D eigenvalue weighted by Gasteiger charge is 2.44. The Morgan fingerprint density at radius 2 is 2.18 bits per heavy atom. The maximum atomic E-state index is 10.2. The van der Waals surface area contributed by atoms with E-state index in [2.05, 4.69) is 20.3 Å². The van der Waals surface area contributed by atoms with Gasteiger partial charge >= 0.3 is 0 Å². The highest BCUT2D eigenvalue weighted by Crippen LogP contribution is 2.32. The molecule has 5 N–H and O–H groups in total. The molecule has 1 fully saturated rings. The number of fused-ring (bicyclic) bond motifs is 1. The predicted molar refractivity (Wildman–Crippen MR) is 79.2 cm³/mol. The summed E-state index contributed by atoms with van der Waals surface area (Å²) in [6.45, 7) is 3.11. The number of aromatic nitrogens is 4. The fraction of sp³-hybridized carbons (Fsp3) is 0.583. The zero-order valence-corrected chi connectivity index (χ0v) is 12.6. The van der Waals surface area contributed by atoms with Crippen LogP contribution >= 0.6 is 11.6 Å². The quantitative estimate of drug-likeness (QED) is 0.541. The summed E-state index contributed by atoms with van der Waals surface area (Å²) in [5, 5.41) is 23.4. The summed E-state index contributed by atoms with van der Waals surface area (Å²) in [6.07, 6.45) is -2.06. The van der Waals surface area contributed by atoms with Gasteiger partial charge in [-0.05, 0) is 18.1 Å². The van der Waals surface area contributed by atoms with E-state index in [9.17, 15) is 10.2 Å². The van der Waals surface area contributed by atoms with Crippen molar-refractivity contribution in [2.24, 2.45) is 0 Å². The molecule has 120 valence electrons. The van der Waals surface area contributed by atoms with Crippen LogP contribution in [-0.2, 0) is 4.74 Å². The van der Waals surface area contributed by atoms with E-state index in [0.29, 0.717) is 17.7 Å². The molecule has 1 aliphatic heterocycles. The van der Waals surface area contributed by atoms with E-state index in [4.69, 9.17) is 22.1 Å². The number of nitrogen functional groups attached to an aromatic ring is 1. The predicted octanol–water partition coefficient (Wildman–Crippen LogP) is -0.709. The zero-order valence-electron chi connectivity index (χ0n) is 11.8.